The topological polar surface area (TPSA) is 64.3 Å². The molecule has 0 aliphatic carbocycles. The molecule has 14 heavy (non-hydrogen) atoms. The maximum atomic E-state index is 10.6. The Kier molecular flexibility index (Phi) is 3.77. The standard InChI is InChI=1S/C8H8Br2N2O2/c1-14-7-3-6(12-8(11)13)4(9)2-5(7)10/h2-3H,1H3,(H3,11,12,13). The lowest BCUT2D eigenvalue weighted by Crippen LogP contribution is -2.19. The predicted molar refractivity (Wildman–Crippen MR) is 61.6 cm³/mol. The lowest BCUT2D eigenvalue weighted by molar-refractivity contribution is 0.259. The van der Waals surface area contributed by atoms with Crippen LogP contribution in [-0.2, 0) is 0 Å². The summed E-state index contributed by atoms with van der Waals surface area (Å²) in [4.78, 5) is 10.6. The molecule has 0 atom stereocenters. The zero-order valence-electron chi connectivity index (χ0n) is 7.30. The first kappa shape index (κ1) is 11.3. The van der Waals surface area contributed by atoms with Crippen LogP contribution in [0.15, 0.2) is 21.1 Å². The summed E-state index contributed by atoms with van der Waals surface area (Å²) in [7, 11) is 1.54. The summed E-state index contributed by atoms with van der Waals surface area (Å²) < 4.78 is 6.58. The molecule has 0 heterocycles. The first-order valence-corrected chi connectivity index (χ1v) is 5.22. The van der Waals surface area contributed by atoms with Crippen molar-refractivity contribution in [2.45, 2.75) is 0 Å². The number of hydrogen-bond acceptors (Lipinski definition) is 2. The Bertz CT molecular complexity index is 369. The number of ether oxygens (including phenoxy) is 1. The molecule has 0 bridgehead atoms. The van der Waals surface area contributed by atoms with Crippen LogP contribution in [-0.4, -0.2) is 13.1 Å². The minimum atomic E-state index is -0.616. The Morgan fingerprint density at radius 1 is 1.43 bits per heavy atom. The minimum Gasteiger partial charge on any atom is -0.495 e. The number of carbonyl (C=O) groups is 1. The molecular formula is C8H8Br2N2O2. The molecule has 0 fully saturated rings. The van der Waals surface area contributed by atoms with Gasteiger partial charge in [0.05, 0.1) is 17.3 Å². The zero-order valence-corrected chi connectivity index (χ0v) is 10.5. The molecule has 3 N–H and O–H groups in total. The summed E-state index contributed by atoms with van der Waals surface area (Å²) in [6.45, 7) is 0. The second-order valence-corrected chi connectivity index (χ2v) is 4.16. The van der Waals surface area contributed by atoms with Gasteiger partial charge in [-0.2, -0.15) is 0 Å². The molecule has 0 saturated carbocycles. The summed E-state index contributed by atoms with van der Waals surface area (Å²) in [6.07, 6.45) is 0. The van der Waals surface area contributed by atoms with Crippen LogP contribution < -0.4 is 15.8 Å². The number of rotatable bonds is 2. The summed E-state index contributed by atoms with van der Waals surface area (Å²) in [5.41, 5.74) is 5.57. The van der Waals surface area contributed by atoms with E-state index in [1.54, 1.807) is 19.2 Å². The lowest BCUT2D eigenvalue weighted by Gasteiger charge is -2.09. The van der Waals surface area contributed by atoms with Crippen LogP contribution in [0.4, 0.5) is 10.5 Å². The van der Waals surface area contributed by atoms with Crippen LogP contribution in [0.5, 0.6) is 5.75 Å². The molecule has 0 aromatic heterocycles. The molecule has 0 aliphatic rings. The second kappa shape index (κ2) is 4.65. The molecule has 6 heteroatoms. The predicted octanol–water partition coefficient (Wildman–Crippen LogP) is 2.71. The molecule has 0 saturated heterocycles. The molecule has 0 spiro atoms. The summed E-state index contributed by atoms with van der Waals surface area (Å²) in [5, 5.41) is 2.47. The summed E-state index contributed by atoms with van der Waals surface area (Å²) in [6, 6.07) is 2.82. The van der Waals surface area contributed by atoms with Gasteiger partial charge in [-0.15, -0.1) is 0 Å². The molecule has 1 aromatic carbocycles. The van der Waals surface area contributed by atoms with E-state index in [4.69, 9.17) is 10.5 Å². The number of anilines is 1. The van der Waals surface area contributed by atoms with Gasteiger partial charge >= 0.3 is 6.03 Å². The molecule has 1 rings (SSSR count). The van der Waals surface area contributed by atoms with Gasteiger partial charge in [0, 0.05) is 10.5 Å². The van der Waals surface area contributed by atoms with E-state index >= 15 is 0 Å². The molecule has 0 unspecified atom stereocenters. The van der Waals surface area contributed by atoms with Crippen molar-refractivity contribution in [3.63, 3.8) is 0 Å². The monoisotopic (exact) mass is 322 g/mol. The largest absolute Gasteiger partial charge is 0.495 e. The molecule has 0 radical (unpaired) electrons. The van der Waals surface area contributed by atoms with Crippen molar-refractivity contribution >= 4 is 43.6 Å². The van der Waals surface area contributed by atoms with Crippen molar-refractivity contribution in [2.24, 2.45) is 5.73 Å². The fourth-order valence-corrected chi connectivity index (χ4v) is 2.17. The van der Waals surface area contributed by atoms with Gasteiger partial charge in [0.25, 0.3) is 0 Å². The van der Waals surface area contributed by atoms with Crippen LogP contribution >= 0.6 is 31.9 Å². The zero-order chi connectivity index (χ0) is 10.7. The summed E-state index contributed by atoms with van der Waals surface area (Å²) >= 11 is 6.59. The maximum absolute atomic E-state index is 10.6. The van der Waals surface area contributed by atoms with Crippen molar-refractivity contribution in [2.75, 3.05) is 12.4 Å². The average Bonchev–Trinajstić information content (AvgIpc) is 2.09. The number of carbonyl (C=O) groups excluding carboxylic acids is 1. The average molecular weight is 324 g/mol. The minimum absolute atomic E-state index is 0.567. The quantitative estimate of drug-likeness (QED) is 0.879. The van der Waals surface area contributed by atoms with Crippen molar-refractivity contribution in [3.8, 4) is 5.75 Å². The van der Waals surface area contributed by atoms with E-state index in [-0.39, 0.29) is 0 Å². The van der Waals surface area contributed by atoms with Crippen LogP contribution in [0.25, 0.3) is 0 Å². The highest BCUT2D eigenvalue weighted by atomic mass is 79.9. The molecule has 0 aliphatic heterocycles. The third kappa shape index (κ3) is 2.62. The number of amides is 2. The van der Waals surface area contributed by atoms with E-state index in [1.165, 1.54) is 0 Å². The van der Waals surface area contributed by atoms with E-state index in [2.05, 4.69) is 37.2 Å². The third-order valence-electron chi connectivity index (χ3n) is 1.50. The first-order valence-electron chi connectivity index (χ1n) is 3.64. The second-order valence-electron chi connectivity index (χ2n) is 2.46. The Labute approximate surface area is 98.1 Å². The van der Waals surface area contributed by atoms with E-state index in [0.717, 1.165) is 8.95 Å². The fraction of sp³-hybridized carbons (Fsp3) is 0.125. The van der Waals surface area contributed by atoms with Crippen molar-refractivity contribution in [3.05, 3.63) is 21.1 Å². The molecule has 4 nitrogen and oxygen atoms in total. The Morgan fingerprint density at radius 2 is 2.07 bits per heavy atom. The van der Waals surface area contributed by atoms with Gasteiger partial charge in [-0.25, -0.2) is 4.79 Å². The smallest absolute Gasteiger partial charge is 0.316 e. The number of nitrogens with one attached hydrogen (secondary N) is 1. The number of halogens is 2. The number of methoxy groups -OCH3 is 1. The van der Waals surface area contributed by atoms with Crippen molar-refractivity contribution < 1.29 is 9.53 Å². The number of urea groups is 1. The SMILES string of the molecule is COc1cc(NC(N)=O)c(Br)cc1Br. The van der Waals surface area contributed by atoms with Gasteiger partial charge in [0.2, 0.25) is 0 Å². The van der Waals surface area contributed by atoms with Gasteiger partial charge in [-0.1, -0.05) is 0 Å². The van der Waals surface area contributed by atoms with Gasteiger partial charge < -0.3 is 15.8 Å². The van der Waals surface area contributed by atoms with Crippen LogP contribution in [0, 0.1) is 0 Å². The van der Waals surface area contributed by atoms with Crippen LogP contribution in [0.2, 0.25) is 0 Å². The Hall–Kier alpha value is -0.750. The van der Waals surface area contributed by atoms with E-state index < -0.39 is 6.03 Å². The normalized spacial score (nSPS) is 9.64. The first-order chi connectivity index (χ1) is 6.54. The van der Waals surface area contributed by atoms with Gasteiger partial charge in [-0.05, 0) is 37.9 Å². The maximum Gasteiger partial charge on any atom is 0.316 e. The molecular weight excluding hydrogens is 316 g/mol. The third-order valence-corrected chi connectivity index (χ3v) is 2.78. The number of benzene rings is 1. The highest BCUT2D eigenvalue weighted by Crippen LogP contribution is 2.34. The van der Waals surface area contributed by atoms with Crippen LogP contribution in [0.3, 0.4) is 0 Å². The van der Waals surface area contributed by atoms with Gasteiger partial charge in [0.1, 0.15) is 5.75 Å². The van der Waals surface area contributed by atoms with Crippen molar-refractivity contribution in [1.29, 1.82) is 0 Å². The summed E-state index contributed by atoms with van der Waals surface area (Å²) in [5.74, 6) is 0.622. The fourth-order valence-electron chi connectivity index (χ4n) is 0.914. The highest BCUT2D eigenvalue weighted by molar-refractivity contribution is 9.11. The van der Waals surface area contributed by atoms with Gasteiger partial charge in [0.15, 0.2) is 0 Å². The Morgan fingerprint density at radius 3 is 2.57 bits per heavy atom. The van der Waals surface area contributed by atoms with E-state index in [1.807, 2.05) is 0 Å². The molecule has 1 aromatic rings. The van der Waals surface area contributed by atoms with E-state index in [0.29, 0.717) is 11.4 Å². The van der Waals surface area contributed by atoms with Crippen LogP contribution in [0.1, 0.15) is 0 Å². The lowest BCUT2D eigenvalue weighted by atomic mass is 10.3. The number of primary amides is 1. The van der Waals surface area contributed by atoms with E-state index in [9.17, 15) is 4.79 Å². The highest BCUT2D eigenvalue weighted by Gasteiger charge is 2.07. The number of hydrogen-bond donors (Lipinski definition) is 2. The van der Waals surface area contributed by atoms with Gasteiger partial charge in [-0.3, -0.25) is 0 Å². The van der Waals surface area contributed by atoms with Crippen molar-refractivity contribution in [1.82, 2.24) is 0 Å². The molecule has 2 amide bonds. The Balaban J connectivity index is 3.10. The number of nitrogens with two attached hydrogens (primary N) is 1. The molecule has 76 valence electrons.